The molecule has 1 N–H and O–H groups in total. The van der Waals surface area contributed by atoms with E-state index in [4.69, 9.17) is 9.68 Å². The molecule has 1 aliphatic carbocycles. The van der Waals surface area contributed by atoms with Crippen LogP contribution in [0.15, 0.2) is 16.5 Å². The summed E-state index contributed by atoms with van der Waals surface area (Å²) in [5.74, 6) is 2.11. The fourth-order valence-electron chi connectivity index (χ4n) is 1.95. The number of halogens is 1. The third-order valence-corrected chi connectivity index (χ3v) is 2.89. The molecule has 1 fully saturated rings. The summed E-state index contributed by atoms with van der Waals surface area (Å²) in [4.78, 5) is 0. The van der Waals surface area contributed by atoms with E-state index in [-0.39, 0.29) is 12.4 Å². The van der Waals surface area contributed by atoms with Gasteiger partial charge in [-0.1, -0.05) is 13.3 Å². The van der Waals surface area contributed by atoms with Crippen LogP contribution in [0.1, 0.15) is 37.7 Å². The van der Waals surface area contributed by atoms with Crippen LogP contribution in [0.2, 0.25) is 0 Å². The van der Waals surface area contributed by atoms with Crippen LogP contribution in [0, 0.1) is 17.2 Å². The first-order valence-corrected chi connectivity index (χ1v) is 5.55. The zero-order valence-electron chi connectivity index (χ0n) is 9.40. The van der Waals surface area contributed by atoms with Crippen LogP contribution < -0.4 is 5.32 Å². The summed E-state index contributed by atoms with van der Waals surface area (Å²) >= 11 is 0. The number of nitrogens with one attached hydrogen (secondary N) is 1. The lowest BCUT2D eigenvalue weighted by Crippen LogP contribution is -2.17. The summed E-state index contributed by atoms with van der Waals surface area (Å²) in [6.45, 7) is 2.97. The van der Waals surface area contributed by atoms with Crippen molar-refractivity contribution >= 4 is 12.4 Å². The van der Waals surface area contributed by atoms with Crippen molar-refractivity contribution in [3.05, 3.63) is 23.7 Å². The molecule has 1 heterocycles. The maximum Gasteiger partial charge on any atom is 0.203 e. The first kappa shape index (κ1) is 13.1. The molecule has 2 atom stereocenters. The molecule has 0 bridgehead atoms. The molecule has 0 amide bonds. The van der Waals surface area contributed by atoms with Gasteiger partial charge in [-0.3, -0.25) is 0 Å². The zero-order chi connectivity index (χ0) is 10.7. The van der Waals surface area contributed by atoms with Gasteiger partial charge in [0.25, 0.3) is 0 Å². The van der Waals surface area contributed by atoms with E-state index in [1.165, 1.54) is 19.3 Å². The Bertz CT molecular complexity index is 369. The minimum atomic E-state index is 0. The number of nitriles is 1. The summed E-state index contributed by atoms with van der Waals surface area (Å²) < 4.78 is 5.28. The average Bonchev–Trinajstić information content (AvgIpc) is 2.82. The highest BCUT2D eigenvalue weighted by Gasteiger charge is 2.35. The zero-order valence-corrected chi connectivity index (χ0v) is 10.2. The largest absolute Gasteiger partial charge is 0.449 e. The minimum Gasteiger partial charge on any atom is -0.449 e. The second kappa shape index (κ2) is 5.93. The van der Waals surface area contributed by atoms with Crippen molar-refractivity contribution in [3.63, 3.8) is 0 Å². The predicted octanol–water partition coefficient (Wildman–Crippen LogP) is 2.85. The summed E-state index contributed by atoms with van der Waals surface area (Å²) in [6.07, 6.45) is 3.88. The van der Waals surface area contributed by atoms with E-state index < -0.39 is 0 Å². The molecule has 2 rings (SSSR count). The molecule has 0 aromatic carbocycles. The lowest BCUT2D eigenvalue weighted by Gasteiger charge is -2.00. The van der Waals surface area contributed by atoms with Crippen molar-refractivity contribution in [2.24, 2.45) is 5.92 Å². The van der Waals surface area contributed by atoms with E-state index in [0.717, 1.165) is 18.2 Å². The Morgan fingerprint density at radius 1 is 1.56 bits per heavy atom. The maximum atomic E-state index is 8.59. The number of nitrogens with zero attached hydrogens (tertiary/aromatic N) is 1. The first-order chi connectivity index (χ1) is 7.33. The standard InChI is InChI=1S/C12H16N2O.ClH/c1-2-3-9-6-12(9)14-8-11-5-4-10(7-13)15-11;/h4-5,9,12,14H,2-3,6,8H2,1H3;1H. The molecule has 16 heavy (non-hydrogen) atoms. The second-order valence-corrected chi connectivity index (χ2v) is 4.15. The SMILES string of the molecule is CCCC1CC1NCc1ccc(C#N)o1.Cl. The molecular weight excluding hydrogens is 224 g/mol. The number of hydrogen-bond donors (Lipinski definition) is 1. The number of furan rings is 1. The van der Waals surface area contributed by atoms with Gasteiger partial charge < -0.3 is 9.73 Å². The van der Waals surface area contributed by atoms with Crippen molar-refractivity contribution in [2.45, 2.75) is 38.8 Å². The van der Waals surface area contributed by atoms with Crippen LogP contribution in [-0.2, 0) is 6.54 Å². The highest BCUT2D eigenvalue weighted by atomic mass is 35.5. The van der Waals surface area contributed by atoms with Crippen molar-refractivity contribution < 1.29 is 4.42 Å². The van der Waals surface area contributed by atoms with E-state index in [1.807, 2.05) is 12.1 Å². The third kappa shape index (κ3) is 3.26. The normalized spacial score (nSPS) is 22.2. The van der Waals surface area contributed by atoms with E-state index in [1.54, 1.807) is 6.07 Å². The van der Waals surface area contributed by atoms with Crippen LogP contribution in [-0.4, -0.2) is 6.04 Å². The van der Waals surface area contributed by atoms with Gasteiger partial charge in [0.05, 0.1) is 6.54 Å². The molecule has 3 nitrogen and oxygen atoms in total. The molecule has 1 aliphatic rings. The van der Waals surface area contributed by atoms with E-state index >= 15 is 0 Å². The monoisotopic (exact) mass is 240 g/mol. The van der Waals surface area contributed by atoms with E-state index in [0.29, 0.717) is 11.8 Å². The van der Waals surface area contributed by atoms with Crippen LogP contribution in [0.5, 0.6) is 0 Å². The molecule has 0 saturated heterocycles. The Hall–Kier alpha value is -0.980. The van der Waals surface area contributed by atoms with Gasteiger partial charge in [0, 0.05) is 6.04 Å². The predicted molar refractivity (Wildman–Crippen MR) is 64.3 cm³/mol. The van der Waals surface area contributed by atoms with Crippen LogP contribution in [0.3, 0.4) is 0 Å². The topological polar surface area (TPSA) is 49.0 Å². The molecule has 1 saturated carbocycles. The molecule has 2 unspecified atom stereocenters. The fourth-order valence-corrected chi connectivity index (χ4v) is 1.95. The van der Waals surface area contributed by atoms with Gasteiger partial charge in [-0.15, -0.1) is 12.4 Å². The average molecular weight is 241 g/mol. The summed E-state index contributed by atoms with van der Waals surface area (Å²) in [5, 5.41) is 12.0. The Morgan fingerprint density at radius 3 is 3.00 bits per heavy atom. The highest BCUT2D eigenvalue weighted by molar-refractivity contribution is 5.85. The highest BCUT2D eigenvalue weighted by Crippen LogP contribution is 2.34. The van der Waals surface area contributed by atoms with Crippen LogP contribution >= 0.6 is 12.4 Å². The quantitative estimate of drug-likeness (QED) is 0.861. The van der Waals surface area contributed by atoms with Gasteiger partial charge in [-0.2, -0.15) is 5.26 Å². The lowest BCUT2D eigenvalue weighted by molar-refractivity contribution is 0.466. The van der Waals surface area contributed by atoms with Gasteiger partial charge >= 0.3 is 0 Å². The van der Waals surface area contributed by atoms with Crippen molar-refractivity contribution in [1.29, 1.82) is 5.26 Å². The van der Waals surface area contributed by atoms with E-state index in [2.05, 4.69) is 12.2 Å². The van der Waals surface area contributed by atoms with Gasteiger partial charge in [0.2, 0.25) is 5.76 Å². The molecule has 1 aromatic heterocycles. The fraction of sp³-hybridized carbons (Fsp3) is 0.583. The summed E-state index contributed by atoms with van der Waals surface area (Å²) in [7, 11) is 0. The molecular formula is C12H17ClN2O. The third-order valence-electron chi connectivity index (χ3n) is 2.89. The minimum absolute atomic E-state index is 0. The molecule has 1 aromatic rings. The Kier molecular flexibility index (Phi) is 4.85. The molecule has 4 heteroatoms. The number of hydrogen-bond acceptors (Lipinski definition) is 3. The Morgan fingerprint density at radius 2 is 2.38 bits per heavy atom. The summed E-state index contributed by atoms with van der Waals surface area (Å²) in [6, 6.07) is 6.23. The Labute approximate surface area is 102 Å². The Balaban J connectivity index is 0.00000128. The van der Waals surface area contributed by atoms with Crippen LogP contribution in [0.25, 0.3) is 0 Å². The van der Waals surface area contributed by atoms with Gasteiger partial charge in [0.15, 0.2) is 0 Å². The van der Waals surface area contributed by atoms with Gasteiger partial charge in [-0.25, -0.2) is 0 Å². The van der Waals surface area contributed by atoms with Crippen molar-refractivity contribution in [1.82, 2.24) is 5.32 Å². The first-order valence-electron chi connectivity index (χ1n) is 5.55. The van der Waals surface area contributed by atoms with Gasteiger partial charge in [-0.05, 0) is 30.9 Å². The molecule has 0 aliphatic heterocycles. The van der Waals surface area contributed by atoms with Crippen LogP contribution in [0.4, 0.5) is 0 Å². The lowest BCUT2D eigenvalue weighted by atomic mass is 10.2. The van der Waals surface area contributed by atoms with E-state index in [9.17, 15) is 0 Å². The summed E-state index contributed by atoms with van der Waals surface area (Å²) in [5.41, 5.74) is 0. The molecule has 0 spiro atoms. The van der Waals surface area contributed by atoms with Crippen molar-refractivity contribution in [2.75, 3.05) is 0 Å². The molecule has 0 radical (unpaired) electrons. The smallest absolute Gasteiger partial charge is 0.203 e. The second-order valence-electron chi connectivity index (χ2n) is 4.15. The number of rotatable bonds is 5. The van der Waals surface area contributed by atoms with Gasteiger partial charge in [0.1, 0.15) is 11.8 Å². The maximum absolute atomic E-state index is 8.59. The van der Waals surface area contributed by atoms with Crippen molar-refractivity contribution in [3.8, 4) is 6.07 Å². The molecule has 88 valence electrons.